The molecule has 0 N–H and O–H groups in total. The van der Waals surface area contributed by atoms with Gasteiger partial charge in [-0.3, -0.25) is 0 Å². The van der Waals surface area contributed by atoms with Crippen LogP contribution in [0.25, 0.3) is 0 Å². The molecule has 0 aromatic rings. The van der Waals surface area contributed by atoms with E-state index in [2.05, 4.69) is 72.7 Å². The van der Waals surface area contributed by atoms with Gasteiger partial charge in [-0.05, 0) is 96.7 Å². The molecule has 3 nitrogen and oxygen atoms in total. The van der Waals surface area contributed by atoms with Crippen molar-refractivity contribution >= 4 is 8.32 Å². The number of ether oxygens (including phenoxy) is 2. The van der Waals surface area contributed by atoms with Gasteiger partial charge in [0.05, 0.1) is 6.61 Å². The molecule has 0 bridgehead atoms. The van der Waals surface area contributed by atoms with Gasteiger partial charge in [-0.15, -0.1) is 6.42 Å². The first-order chi connectivity index (χ1) is 14.9. The fraction of sp³-hybridized carbons (Fsp3) is 0.786. The van der Waals surface area contributed by atoms with Gasteiger partial charge >= 0.3 is 0 Å². The molecule has 2 atom stereocenters. The highest BCUT2D eigenvalue weighted by Gasteiger charge is 2.42. The van der Waals surface area contributed by atoms with Gasteiger partial charge in [0.25, 0.3) is 0 Å². The molecular formula is C28H50O3Si. The molecule has 0 saturated carbocycles. The van der Waals surface area contributed by atoms with E-state index in [0.29, 0.717) is 0 Å². The fourth-order valence-electron chi connectivity index (χ4n) is 3.62. The Labute approximate surface area is 200 Å². The third kappa shape index (κ3) is 11.3. The van der Waals surface area contributed by atoms with Gasteiger partial charge in [0.2, 0.25) is 0 Å². The van der Waals surface area contributed by atoms with E-state index in [1.165, 1.54) is 24.0 Å². The maximum Gasteiger partial charge on any atom is 0.194 e. The van der Waals surface area contributed by atoms with Gasteiger partial charge in [0.15, 0.2) is 14.6 Å². The van der Waals surface area contributed by atoms with Gasteiger partial charge in [0, 0.05) is 6.61 Å². The summed E-state index contributed by atoms with van der Waals surface area (Å²) in [5.74, 6) is 2.94. The van der Waals surface area contributed by atoms with Crippen molar-refractivity contribution in [2.45, 2.75) is 129 Å². The highest BCUT2D eigenvalue weighted by atomic mass is 28.4. The Balaban J connectivity index is 2.31. The first-order valence-corrected chi connectivity index (χ1v) is 15.5. The van der Waals surface area contributed by atoms with Crippen LogP contribution in [0.4, 0.5) is 0 Å². The highest BCUT2D eigenvalue weighted by molar-refractivity contribution is 6.74. The molecule has 1 rings (SSSR count). The molecule has 1 saturated heterocycles. The molecule has 0 aliphatic carbocycles. The maximum atomic E-state index is 6.56. The molecule has 2 unspecified atom stereocenters. The number of rotatable bonds is 13. The lowest BCUT2D eigenvalue weighted by Crippen LogP contribution is -2.48. The van der Waals surface area contributed by atoms with E-state index in [9.17, 15) is 0 Å². The van der Waals surface area contributed by atoms with Crippen LogP contribution in [0, 0.1) is 12.3 Å². The van der Waals surface area contributed by atoms with Crippen LogP contribution in [0.15, 0.2) is 23.3 Å². The van der Waals surface area contributed by atoms with Crippen molar-refractivity contribution < 1.29 is 13.9 Å². The monoisotopic (exact) mass is 462 g/mol. The van der Waals surface area contributed by atoms with E-state index in [4.69, 9.17) is 20.3 Å². The Kier molecular flexibility index (Phi) is 12.5. The first-order valence-electron chi connectivity index (χ1n) is 12.6. The Morgan fingerprint density at radius 2 is 1.72 bits per heavy atom. The van der Waals surface area contributed by atoms with Crippen LogP contribution in [0.5, 0.6) is 0 Å². The SMILES string of the molecule is C#CC(C)(CC/C=C(\C)CC/C=C(\C)CCCOC1CCCCO1)O[Si](C)(C)C(C)(C)C. The third-order valence-corrected chi connectivity index (χ3v) is 11.5. The Bertz CT molecular complexity index is 645. The quantitative estimate of drug-likeness (QED) is 0.119. The minimum absolute atomic E-state index is 0.0319. The predicted molar refractivity (Wildman–Crippen MR) is 140 cm³/mol. The number of hydrogen-bond donors (Lipinski definition) is 0. The molecular weight excluding hydrogens is 412 g/mol. The molecule has 1 heterocycles. The second-order valence-corrected chi connectivity index (χ2v) is 15.9. The summed E-state index contributed by atoms with van der Waals surface area (Å²) in [4.78, 5) is 0. The molecule has 0 radical (unpaired) electrons. The second-order valence-electron chi connectivity index (χ2n) is 11.2. The maximum absolute atomic E-state index is 6.56. The zero-order chi connectivity index (χ0) is 24.3. The average molecular weight is 463 g/mol. The molecule has 1 aliphatic rings. The van der Waals surface area contributed by atoms with Crippen LogP contribution in [0.1, 0.15) is 99.3 Å². The van der Waals surface area contributed by atoms with Crippen LogP contribution < -0.4 is 0 Å². The van der Waals surface area contributed by atoms with Crippen molar-refractivity contribution in [3.05, 3.63) is 23.3 Å². The number of hydrogen-bond acceptors (Lipinski definition) is 3. The number of allylic oxidation sites excluding steroid dienone is 4. The van der Waals surface area contributed by atoms with Gasteiger partial charge in [-0.25, -0.2) is 0 Å². The summed E-state index contributed by atoms with van der Waals surface area (Å²) >= 11 is 0. The topological polar surface area (TPSA) is 27.7 Å². The Morgan fingerprint density at radius 3 is 2.31 bits per heavy atom. The Morgan fingerprint density at radius 1 is 1.06 bits per heavy atom. The van der Waals surface area contributed by atoms with E-state index >= 15 is 0 Å². The van der Waals surface area contributed by atoms with Crippen molar-refractivity contribution in [1.82, 2.24) is 0 Å². The van der Waals surface area contributed by atoms with E-state index in [0.717, 1.165) is 58.2 Å². The van der Waals surface area contributed by atoms with Crippen LogP contribution in [-0.4, -0.2) is 33.4 Å². The van der Waals surface area contributed by atoms with Crippen molar-refractivity contribution in [1.29, 1.82) is 0 Å². The summed E-state index contributed by atoms with van der Waals surface area (Å²) in [7, 11) is -1.88. The van der Waals surface area contributed by atoms with Crippen LogP contribution in [-0.2, 0) is 13.9 Å². The van der Waals surface area contributed by atoms with E-state index < -0.39 is 13.9 Å². The minimum Gasteiger partial charge on any atom is -0.401 e. The molecule has 1 fully saturated rings. The highest BCUT2D eigenvalue weighted by Crippen LogP contribution is 2.40. The van der Waals surface area contributed by atoms with Crippen LogP contribution in [0.2, 0.25) is 18.1 Å². The first kappa shape index (κ1) is 29.2. The minimum atomic E-state index is -1.88. The third-order valence-electron chi connectivity index (χ3n) is 6.89. The van der Waals surface area contributed by atoms with Gasteiger partial charge < -0.3 is 13.9 Å². The van der Waals surface area contributed by atoms with Crippen LogP contribution >= 0.6 is 0 Å². The molecule has 0 aromatic carbocycles. The molecule has 4 heteroatoms. The summed E-state index contributed by atoms with van der Waals surface area (Å²) in [6.07, 6.45) is 20.3. The zero-order valence-electron chi connectivity index (χ0n) is 22.3. The molecule has 184 valence electrons. The smallest absolute Gasteiger partial charge is 0.194 e. The van der Waals surface area contributed by atoms with E-state index in [-0.39, 0.29) is 11.3 Å². The van der Waals surface area contributed by atoms with Crippen molar-refractivity contribution in [2.24, 2.45) is 0 Å². The lowest BCUT2D eigenvalue weighted by atomic mass is 9.99. The molecule has 0 spiro atoms. The van der Waals surface area contributed by atoms with Gasteiger partial charge in [0.1, 0.15) is 5.60 Å². The largest absolute Gasteiger partial charge is 0.401 e. The standard InChI is InChI=1S/C28H50O3Si/c1-10-28(7,31-32(8,9)27(4,5)6)21-14-18-24(2)16-13-17-25(3)19-15-23-30-26-20-11-12-22-29-26/h1,17-18,26H,11-16,19-23H2,2-9H3/b24-18+,25-17+. The number of terminal acetylenes is 1. The summed E-state index contributed by atoms with van der Waals surface area (Å²) in [5, 5.41) is 0.164. The summed E-state index contributed by atoms with van der Waals surface area (Å²) < 4.78 is 18.0. The van der Waals surface area contributed by atoms with Gasteiger partial charge in [-0.1, -0.05) is 50.0 Å². The van der Waals surface area contributed by atoms with Crippen LogP contribution in [0.3, 0.4) is 0 Å². The average Bonchev–Trinajstić information content (AvgIpc) is 2.71. The van der Waals surface area contributed by atoms with Crippen molar-refractivity contribution in [3.8, 4) is 12.3 Å². The summed E-state index contributed by atoms with van der Waals surface area (Å²) in [6, 6.07) is 0. The molecule has 32 heavy (non-hydrogen) atoms. The van der Waals surface area contributed by atoms with Gasteiger partial charge in [-0.2, -0.15) is 0 Å². The Hall–Kier alpha value is -0.863. The van der Waals surface area contributed by atoms with Crippen molar-refractivity contribution in [3.63, 3.8) is 0 Å². The van der Waals surface area contributed by atoms with Crippen molar-refractivity contribution in [2.75, 3.05) is 13.2 Å². The molecule has 1 aliphatic heterocycles. The fourth-order valence-corrected chi connectivity index (χ4v) is 5.22. The summed E-state index contributed by atoms with van der Waals surface area (Å²) in [5.41, 5.74) is 2.40. The molecule has 0 amide bonds. The second kappa shape index (κ2) is 13.7. The lowest BCUT2D eigenvalue weighted by molar-refractivity contribution is -0.162. The molecule has 0 aromatic heterocycles. The predicted octanol–water partition coefficient (Wildman–Crippen LogP) is 8.18. The normalized spacial score (nSPS) is 20.7. The summed E-state index contributed by atoms with van der Waals surface area (Å²) in [6.45, 7) is 19.5. The van der Waals surface area contributed by atoms with E-state index in [1.807, 2.05) is 0 Å². The lowest BCUT2D eigenvalue weighted by Gasteiger charge is -2.42. The zero-order valence-corrected chi connectivity index (χ0v) is 23.3. The van der Waals surface area contributed by atoms with E-state index in [1.54, 1.807) is 0 Å².